The molecule has 0 bridgehead atoms. The van der Waals surface area contributed by atoms with Crippen LogP contribution < -0.4 is 0 Å². The van der Waals surface area contributed by atoms with E-state index in [1.54, 1.807) is 6.92 Å². The van der Waals surface area contributed by atoms with Crippen molar-refractivity contribution in [2.75, 3.05) is 0 Å². The molecule has 0 unspecified atom stereocenters. The second kappa shape index (κ2) is 4.05. The van der Waals surface area contributed by atoms with Crippen molar-refractivity contribution < 1.29 is 23.9 Å². The van der Waals surface area contributed by atoms with Gasteiger partial charge in [-0.25, -0.2) is 0 Å². The van der Waals surface area contributed by atoms with Crippen LogP contribution in [-0.4, -0.2) is 0 Å². The van der Waals surface area contributed by atoms with Gasteiger partial charge in [-0.2, -0.15) is 6.07 Å². The normalized spacial score (nSPS) is 8.70. The minimum absolute atomic E-state index is 0. The molecule has 0 aromatic heterocycles. The van der Waals surface area contributed by atoms with Crippen molar-refractivity contribution in [3.63, 3.8) is 0 Å². The van der Waals surface area contributed by atoms with E-state index < -0.39 is 0 Å². The Labute approximate surface area is 77.1 Å². The SMILES string of the molecule is Cc1cc(F)c[c-]c1Cl.[Zn]. The summed E-state index contributed by atoms with van der Waals surface area (Å²) in [6, 6.07) is 5.15. The van der Waals surface area contributed by atoms with Gasteiger partial charge in [-0.1, -0.05) is 11.9 Å². The van der Waals surface area contributed by atoms with E-state index in [-0.39, 0.29) is 25.3 Å². The zero-order valence-corrected chi connectivity index (χ0v) is 9.34. The maximum atomic E-state index is 12.3. The fourth-order valence-corrected chi connectivity index (χ4v) is 0.667. The monoisotopic (exact) mass is 207 g/mol. The van der Waals surface area contributed by atoms with Gasteiger partial charge >= 0.3 is 0 Å². The molecule has 0 nitrogen and oxygen atoms in total. The summed E-state index contributed by atoms with van der Waals surface area (Å²) in [5.74, 6) is -0.295. The summed E-state index contributed by atoms with van der Waals surface area (Å²) in [5.41, 5.74) is 0.719. The van der Waals surface area contributed by atoms with Crippen LogP contribution in [0.3, 0.4) is 0 Å². The van der Waals surface area contributed by atoms with Crippen LogP contribution in [0.15, 0.2) is 12.1 Å². The Kier molecular flexibility index (Phi) is 4.08. The van der Waals surface area contributed by atoms with Crippen molar-refractivity contribution in [3.05, 3.63) is 34.6 Å². The molecule has 0 fully saturated rings. The summed E-state index contributed by atoms with van der Waals surface area (Å²) in [6.07, 6.45) is 0. The molecule has 3 heteroatoms. The molecule has 1 rings (SSSR count). The third-order valence-electron chi connectivity index (χ3n) is 1.04. The Morgan fingerprint density at radius 3 is 2.60 bits per heavy atom. The Hall–Kier alpha value is 0.0634. The molecule has 0 amide bonds. The minimum Gasteiger partial charge on any atom is -0.284 e. The van der Waals surface area contributed by atoms with E-state index in [2.05, 4.69) is 6.07 Å². The van der Waals surface area contributed by atoms with Gasteiger partial charge in [-0.05, 0) is 0 Å². The number of rotatable bonds is 0. The molecule has 0 aliphatic heterocycles. The smallest absolute Gasteiger partial charge is 0.00906 e. The van der Waals surface area contributed by atoms with E-state index in [1.165, 1.54) is 12.1 Å². The second-order valence-electron chi connectivity index (χ2n) is 1.81. The molecule has 0 spiro atoms. The van der Waals surface area contributed by atoms with Crippen LogP contribution in [0.5, 0.6) is 0 Å². The predicted octanol–water partition coefficient (Wildman–Crippen LogP) is 2.59. The molecule has 0 N–H and O–H groups in total. The molecule has 0 saturated heterocycles. The minimum atomic E-state index is -0.295. The van der Waals surface area contributed by atoms with Crippen LogP contribution in [0.25, 0.3) is 0 Å². The number of halogens is 2. The molecule has 0 aliphatic carbocycles. The van der Waals surface area contributed by atoms with Crippen molar-refractivity contribution in [3.8, 4) is 0 Å². The molecule has 0 atom stereocenters. The Morgan fingerprint density at radius 2 is 2.20 bits per heavy atom. The fraction of sp³-hybridized carbons (Fsp3) is 0.143. The van der Waals surface area contributed by atoms with Gasteiger partial charge in [-0.15, -0.1) is 29.3 Å². The fourth-order valence-electron chi connectivity index (χ4n) is 0.558. The van der Waals surface area contributed by atoms with Crippen molar-refractivity contribution in [2.45, 2.75) is 6.92 Å². The maximum absolute atomic E-state index is 12.3. The largest absolute Gasteiger partial charge is 0.284 e. The first-order chi connectivity index (χ1) is 4.20. The van der Waals surface area contributed by atoms with Gasteiger partial charge in [0.1, 0.15) is 0 Å². The van der Waals surface area contributed by atoms with Gasteiger partial charge in [0.25, 0.3) is 0 Å². The van der Waals surface area contributed by atoms with E-state index >= 15 is 0 Å². The molecule has 10 heavy (non-hydrogen) atoms. The van der Waals surface area contributed by atoms with Crippen LogP contribution in [0.1, 0.15) is 5.56 Å². The summed E-state index contributed by atoms with van der Waals surface area (Å²) in [4.78, 5) is 0. The first-order valence-corrected chi connectivity index (χ1v) is 2.91. The van der Waals surface area contributed by atoms with Crippen LogP contribution in [0.4, 0.5) is 4.39 Å². The number of aryl methyl sites for hydroxylation is 1. The first-order valence-electron chi connectivity index (χ1n) is 2.53. The van der Waals surface area contributed by atoms with Crippen LogP contribution >= 0.6 is 11.6 Å². The van der Waals surface area contributed by atoms with E-state index in [0.717, 1.165) is 5.56 Å². The molecule has 1 aromatic carbocycles. The molecular weight excluding hydrogens is 204 g/mol. The zero-order valence-electron chi connectivity index (χ0n) is 5.62. The summed E-state index contributed by atoms with van der Waals surface area (Å²) >= 11 is 5.56. The Bertz CT molecular complexity index is 225. The Balaban J connectivity index is 0.000000810. The first kappa shape index (κ1) is 10.1. The third-order valence-corrected chi connectivity index (χ3v) is 1.44. The maximum Gasteiger partial charge on any atom is 0.00906 e. The molecule has 50 valence electrons. The molecule has 1 aromatic rings. The predicted molar refractivity (Wildman–Crippen MR) is 35.0 cm³/mol. The zero-order chi connectivity index (χ0) is 6.85. The van der Waals surface area contributed by atoms with Gasteiger partial charge in [0.15, 0.2) is 0 Å². The topological polar surface area (TPSA) is 0 Å². The van der Waals surface area contributed by atoms with Crippen LogP contribution in [0, 0.1) is 18.8 Å². The van der Waals surface area contributed by atoms with Crippen molar-refractivity contribution >= 4 is 11.6 Å². The van der Waals surface area contributed by atoms with Crippen molar-refractivity contribution in [1.29, 1.82) is 0 Å². The summed E-state index contributed by atoms with van der Waals surface area (Å²) in [6.45, 7) is 1.74. The molecule has 0 aliphatic rings. The average molecular weight is 209 g/mol. The summed E-state index contributed by atoms with van der Waals surface area (Å²) in [7, 11) is 0. The number of hydrogen-bond donors (Lipinski definition) is 0. The van der Waals surface area contributed by atoms with Crippen molar-refractivity contribution in [1.82, 2.24) is 0 Å². The van der Waals surface area contributed by atoms with Gasteiger partial charge in [-0.3, -0.25) is 4.39 Å². The van der Waals surface area contributed by atoms with Gasteiger partial charge in [0.2, 0.25) is 0 Å². The molecule has 0 heterocycles. The quantitative estimate of drug-likeness (QED) is 0.455. The summed E-state index contributed by atoms with van der Waals surface area (Å²) < 4.78 is 12.3. The second-order valence-corrected chi connectivity index (χ2v) is 2.19. The summed E-state index contributed by atoms with van der Waals surface area (Å²) in [5, 5.41) is 0.483. The Morgan fingerprint density at radius 1 is 1.60 bits per heavy atom. The van der Waals surface area contributed by atoms with E-state index in [1.807, 2.05) is 0 Å². The van der Waals surface area contributed by atoms with Crippen LogP contribution in [-0.2, 0) is 19.5 Å². The van der Waals surface area contributed by atoms with E-state index in [9.17, 15) is 4.39 Å². The van der Waals surface area contributed by atoms with Gasteiger partial charge in [0.05, 0.1) is 0 Å². The number of benzene rings is 1. The van der Waals surface area contributed by atoms with Gasteiger partial charge < -0.3 is 0 Å². The molecule has 0 radical (unpaired) electrons. The van der Waals surface area contributed by atoms with Crippen LogP contribution in [0.2, 0.25) is 5.02 Å². The third kappa shape index (κ3) is 2.36. The molecule has 0 saturated carbocycles. The number of hydrogen-bond acceptors (Lipinski definition) is 0. The van der Waals surface area contributed by atoms with E-state index in [4.69, 9.17) is 11.6 Å². The van der Waals surface area contributed by atoms with Gasteiger partial charge in [0, 0.05) is 25.3 Å². The standard InChI is InChI=1S/C7H5ClF.Zn/c1-5-4-6(9)2-3-7(5)8;/h2,4H,1H3;/q-1;. The van der Waals surface area contributed by atoms with Crippen molar-refractivity contribution in [2.24, 2.45) is 0 Å². The average Bonchev–Trinajstić information content (AvgIpc) is 1.80. The van der Waals surface area contributed by atoms with E-state index in [0.29, 0.717) is 5.02 Å². The molecular formula is C7H5ClFZn-.